The van der Waals surface area contributed by atoms with Gasteiger partial charge in [0.2, 0.25) is 0 Å². The first kappa shape index (κ1) is 8.31. The number of hydrogen-bond acceptors (Lipinski definition) is 2. The first-order valence-corrected chi connectivity index (χ1v) is 3.69. The van der Waals surface area contributed by atoms with Gasteiger partial charge < -0.3 is 10.4 Å². The van der Waals surface area contributed by atoms with Crippen LogP contribution in [-0.2, 0) is 0 Å². The maximum atomic E-state index is 9.00. The van der Waals surface area contributed by atoms with Crippen molar-refractivity contribution in [1.82, 2.24) is 5.32 Å². The molecule has 0 spiro atoms. The van der Waals surface area contributed by atoms with Crippen LogP contribution in [0.1, 0.15) is 19.3 Å². The van der Waals surface area contributed by atoms with Crippen LogP contribution in [0.25, 0.3) is 0 Å². The van der Waals surface area contributed by atoms with Gasteiger partial charge in [0.15, 0.2) is 0 Å². The number of aliphatic hydroxyl groups is 1. The van der Waals surface area contributed by atoms with Gasteiger partial charge in [-0.3, -0.25) is 0 Å². The van der Waals surface area contributed by atoms with E-state index in [4.69, 9.17) is 5.11 Å². The number of halogens is 1. The van der Waals surface area contributed by atoms with E-state index in [1.165, 1.54) is 19.3 Å². The number of hydrogen-bond donors (Lipinski definition) is 2. The minimum absolute atomic E-state index is 0. The number of aliphatic hydroxyl groups excluding tert-OH is 1. The molecular formula is C7H14ClNO. The Balaban J connectivity index is 0.000000500. The predicted molar refractivity (Wildman–Crippen MR) is 42.4 cm³/mol. The van der Waals surface area contributed by atoms with Gasteiger partial charge in [0.1, 0.15) is 0 Å². The number of fused-ring (bicyclic) bond motifs is 2. The van der Waals surface area contributed by atoms with Gasteiger partial charge in [-0.05, 0) is 19.3 Å². The Hall–Kier alpha value is 0.210. The zero-order chi connectivity index (χ0) is 6.32. The molecule has 0 aromatic heterocycles. The van der Waals surface area contributed by atoms with Gasteiger partial charge in [0.25, 0.3) is 0 Å². The maximum absolute atomic E-state index is 9.00. The molecule has 2 atom stereocenters. The van der Waals surface area contributed by atoms with Gasteiger partial charge in [0, 0.05) is 24.6 Å². The van der Waals surface area contributed by atoms with Crippen LogP contribution in [0.5, 0.6) is 0 Å². The van der Waals surface area contributed by atoms with Crippen LogP contribution >= 0.6 is 12.4 Å². The molecule has 10 heavy (non-hydrogen) atoms. The number of rotatable bonds is 1. The molecule has 1 aliphatic heterocycles. The molecule has 0 aromatic carbocycles. The quantitative estimate of drug-likeness (QED) is 0.592. The summed E-state index contributed by atoms with van der Waals surface area (Å²) in [6, 6.07) is 0.733. The Bertz CT molecular complexity index is 121. The molecule has 0 radical (unpaired) electrons. The molecule has 2 bridgehead atoms. The molecule has 1 saturated carbocycles. The largest absolute Gasteiger partial charge is 0.396 e. The van der Waals surface area contributed by atoms with Gasteiger partial charge in [-0.1, -0.05) is 0 Å². The van der Waals surface area contributed by atoms with Crippen molar-refractivity contribution in [2.75, 3.05) is 13.2 Å². The first-order valence-electron chi connectivity index (χ1n) is 3.69. The summed E-state index contributed by atoms with van der Waals surface area (Å²) in [4.78, 5) is 0. The van der Waals surface area contributed by atoms with Gasteiger partial charge >= 0.3 is 0 Å². The summed E-state index contributed by atoms with van der Waals surface area (Å²) >= 11 is 0. The van der Waals surface area contributed by atoms with Crippen LogP contribution in [0.2, 0.25) is 0 Å². The lowest BCUT2D eigenvalue weighted by Gasteiger charge is -2.22. The smallest absolute Gasteiger partial charge is 0.0500 e. The summed E-state index contributed by atoms with van der Waals surface area (Å²) in [5, 5.41) is 12.4. The van der Waals surface area contributed by atoms with E-state index in [1.54, 1.807) is 0 Å². The topological polar surface area (TPSA) is 32.3 Å². The standard InChI is InChI=1S/C7H13NO.ClH/c9-5-7-2-1-6(3-7)8-4-7;/h6,8-9H,1-5H2;1H. The van der Waals surface area contributed by atoms with E-state index in [2.05, 4.69) is 5.32 Å². The Morgan fingerprint density at radius 1 is 1.60 bits per heavy atom. The SMILES string of the molecule is Cl.OCC12CCC(C1)NC2. The summed E-state index contributed by atoms with van der Waals surface area (Å²) in [6.07, 6.45) is 3.73. The minimum Gasteiger partial charge on any atom is -0.396 e. The summed E-state index contributed by atoms with van der Waals surface area (Å²) in [6.45, 7) is 1.44. The van der Waals surface area contributed by atoms with Crippen molar-refractivity contribution in [1.29, 1.82) is 0 Å². The average Bonchev–Trinajstić information content (AvgIpc) is 2.46. The highest BCUT2D eigenvalue weighted by molar-refractivity contribution is 5.85. The molecule has 2 nitrogen and oxygen atoms in total. The average molecular weight is 164 g/mol. The zero-order valence-corrected chi connectivity index (χ0v) is 6.78. The van der Waals surface area contributed by atoms with Gasteiger partial charge in [0.05, 0.1) is 0 Å². The maximum Gasteiger partial charge on any atom is 0.0500 e. The van der Waals surface area contributed by atoms with E-state index in [0.717, 1.165) is 12.6 Å². The fourth-order valence-electron chi connectivity index (χ4n) is 2.10. The highest BCUT2D eigenvalue weighted by Gasteiger charge is 2.43. The lowest BCUT2D eigenvalue weighted by molar-refractivity contribution is 0.144. The van der Waals surface area contributed by atoms with E-state index >= 15 is 0 Å². The molecule has 0 amide bonds. The van der Waals surface area contributed by atoms with Gasteiger partial charge in [-0.25, -0.2) is 0 Å². The van der Waals surface area contributed by atoms with Crippen molar-refractivity contribution >= 4 is 12.4 Å². The molecular weight excluding hydrogens is 150 g/mol. The molecule has 0 aromatic rings. The Morgan fingerprint density at radius 3 is 2.60 bits per heavy atom. The van der Waals surface area contributed by atoms with Crippen LogP contribution < -0.4 is 5.32 Å². The van der Waals surface area contributed by atoms with E-state index < -0.39 is 0 Å². The van der Waals surface area contributed by atoms with E-state index in [0.29, 0.717) is 12.0 Å². The molecule has 1 aliphatic carbocycles. The van der Waals surface area contributed by atoms with E-state index in [-0.39, 0.29) is 12.4 Å². The molecule has 2 rings (SSSR count). The molecule has 2 fully saturated rings. The van der Waals surface area contributed by atoms with Crippen LogP contribution in [0.3, 0.4) is 0 Å². The van der Waals surface area contributed by atoms with Gasteiger partial charge in [-0.15, -0.1) is 12.4 Å². The van der Waals surface area contributed by atoms with Crippen molar-refractivity contribution in [3.63, 3.8) is 0 Å². The second-order valence-corrected chi connectivity index (χ2v) is 3.48. The van der Waals surface area contributed by atoms with Crippen LogP contribution in [0.4, 0.5) is 0 Å². The normalized spacial score (nSPS) is 43.5. The summed E-state index contributed by atoms with van der Waals surface area (Å²) < 4.78 is 0. The zero-order valence-electron chi connectivity index (χ0n) is 5.97. The fraction of sp³-hybridized carbons (Fsp3) is 1.00. The molecule has 2 unspecified atom stereocenters. The third-order valence-electron chi connectivity index (χ3n) is 2.80. The summed E-state index contributed by atoms with van der Waals surface area (Å²) in [7, 11) is 0. The Kier molecular flexibility index (Phi) is 2.23. The lowest BCUT2D eigenvalue weighted by Crippen LogP contribution is -2.31. The molecule has 2 N–H and O–H groups in total. The molecule has 1 saturated heterocycles. The molecule has 2 aliphatic rings. The van der Waals surface area contributed by atoms with Crippen molar-refractivity contribution in [3.05, 3.63) is 0 Å². The minimum atomic E-state index is 0. The predicted octanol–water partition coefficient (Wildman–Crippen LogP) is 0.543. The van der Waals surface area contributed by atoms with Crippen LogP contribution in [-0.4, -0.2) is 24.3 Å². The molecule has 1 heterocycles. The fourth-order valence-corrected chi connectivity index (χ4v) is 2.10. The van der Waals surface area contributed by atoms with Crippen molar-refractivity contribution in [2.24, 2.45) is 5.41 Å². The Morgan fingerprint density at radius 2 is 2.40 bits per heavy atom. The first-order chi connectivity index (χ1) is 4.35. The highest BCUT2D eigenvalue weighted by Crippen LogP contribution is 2.41. The third kappa shape index (κ3) is 1.04. The van der Waals surface area contributed by atoms with E-state index in [1.807, 2.05) is 0 Å². The monoisotopic (exact) mass is 163 g/mol. The molecule has 3 heteroatoms. The second-order valence-electron chi connectivity index (χ2n) is 3.48. The van der Waals surface area contributed by atoms with Gasteiger partial charge in [-0.2, -0.15) is 0 Å². The lowest BCUT2D eigenvalue weighted by atomic mass is 9.89. The van der Waals surface area contributed by atoms with Crippen molar-refractivity contribution < 1.29 is 5.11 Å². The van der Waals surface area contributed by atoms with Crippen molar-refractivity contribution in [2.45, 2.75) is 25.3 Å². The van der Waals surface area contributed by atoms with Crippen molar-refractivity contribution in [3.8, 4) is 0 Å². The van der Waals surface area contributed by atoms with E-state index in [9.17, 15) is 0 Å². The van der Waals surface area contributed by atoms with Crippen LogP contribution in [0, 0.1) is 5.41 Å². The second kappa shape index (κ2) is 2.68. The number of piperidine rings is 1. The third-order valence-corrected chi connectivity index (χ3v) is 2.80. The summed E-state index contributed by atoms with van der Waals surface area (Å²) in [5.74, 6) is 0. The Labute approximate surface area is 67.4 Å². The number of nitrogens with one attached hydrogen (secondary N) is 1. The summed E-state index contributed by atoms with van der Waals surface area (Å²) in [5.41, 5.74) is 0.296. The molecule has 60 valence electrons. The highest BCUT2D eigenvalue weighted by atomic mass is 35.5. The van der Waals surface area contributed by atoms with Crippen LogP contribution in [0.15, 0.2) is 0 Å².